The highest BCUT2D eigenvalue weighted by molar-refractivity contribution is 6.10. The van der Waals surface area contributed by atoms with Crippen molar-refractivity contribution in [3.05, 3.63) is 89.5 Å². The van der Waals surface area contributed by atoms with E-state index in [1.54, 1.807) is 18.2 Å². The summed E-state index contributed by atoms with van der Waals surface area (Å²) in [6.45, 7) is 8.21. The van der Waals surface area contributed by atoms with E-state index in [-0.39, 0.29) is 36.2 Å². The van der Waals surface area contributed by atoms with Crippen LogP contribution in [0.2, 0.25) is 0 Å². The molecule has 3 amide bonds. The van der Waals surface area contributed by atoms with Gasteiger partial charge in [0.2, 0.25) is 11.8 Å². The molecule has 5 rings (SSSR count). The standard InChI is InChI=1S/C33H38N4O4/c1-22(2)31(32(39)34-25-15-17-36(18-16-25)20-24-10-5-4-6-11-24)37-21-30(38)35-28-14-13-26(19-27(28)33(37)40)41-29-12-8-7-9-23(29)3/h4-14,19,22,25,31H,15-18,20-21H2,1-3H3,(H,34,39)(H,35,38)/t31-/m1/s1. The first-order valence-electron chi connectivity index (χ1n) is 14.3. The number of nitrogens with one attached hydrogen (secondary N) is 2. The molecule has 0 spiro atoms. The molecular formula is C33H38N4O4. The fourth-order valence-corrected chi connectivity index (χ4v) is 5.63. The van der Waals surface area contributed by atoms with Gasteiger partial charge in [-0.15, -0.1) is 0 Å². The second-order valence-electron chi connectivity index (χ2n) is 11.3. The Hall–Kier alpha value is -4.17. The molecule has 2 N–H and O–H groups in total. The predicted molar refractivity (Wildman–Crippen MR) is 159 cm³/mol. The first kappa shape index (κ1) is 28.4. The number of anilines is 1. The number of hydrogen-bond donors (Lipinski definition) is 2. The van der Waals surface area contributed by atoms with Gasteiger partial charge in [-0.1, -0.05) is 62.4 Å². The molecule has 41 heavy (non-hydrogen) atoms. The third kappa shape index (κ3) is 6.77. The maximum atomic E-state index is 13.9. The molecule has 0 aliphatic carbocycles. The summed E-state index contributed by atoms with van der Waals surface area (Å²) in [7, 11) is 0. The van der Waals surface area contributed by atoms with E-state index in [9.17, 15) is 14.4 Å². The van der Waals surface area contributed by atoms with Crippen LogP contribution in [0.3, 0.4) is 0 Å². The number of ether oxygens (including phenoxy) is 1. The summed E-state index contributed by atoms with van der Waals surface area (Å²) in [6.07, 6.45) is 1.67. The van der Waals surface area contributed by atoms with Crippen molar-refractivity contribution in [2.75, 3.05) is 25.0 Å². The molecule has 214 valence electrons. The van der Waals surface area contributed by atoms with Crippen molar-refractivity contribution in [2.45, 2.75) is 52.2 Å². The molecule has 0 saturated carbocycles. The van der Waals surface area contributed by atoms with Gasteiger partial charge in [0.1, 0.15) is 24.1 Å². The monoisotopic (exact) mass is 554 g/mol. The highest BCUT2D eigenvalue weighted by Crippen LogP contribution is 2.31. The zero-order chi connectivity index (χ0) is 28.9. The molecule has 0 aromatic heterocycles. The summed E-state index contributed by atoms with van der Waals surface area (Å²) in [5, 5.41) is 6.03. The molecule has 1 fully saturated rings. The summed E-state index contributed by atoms with van der Waals surface area (Å²) in [4.78, 5) is 44.3. The fourth-order valence-electron chi connectivity index (χ4n) is 5.63. The predicted octanol–water partition coefficient (Wildman–Crippen LogP) is 4.99. The van der Waals surface area contributed by atoms with Crippen molar-refractivity contribution in [2.24, 2.45) is 5.92 Å². The summed E-state index contributed by atoms with van der Waals surface area (Å²) in [5.74, 6) is 0.0349. The van der Waals surface area contributed by atoms with Gasteiger partial charge in [-0.05, 0) is 61.1 Å². The van der Waals surface area contributed by atoms with E-state index >= 15 is 0 Å². The van der Waals surface area contributed by atoms with Crippen LogP contribution in [-0.2, 0) is 16.1 Å². The first-order valence-corrected chi connectivity index (χ1v) is 14.3. The van der Waals surface area contributed by atoms with Crippen LogP contribution in [-0.4, -0.2) is 59.2 Å². The van der Waals surface area contributed by atoms with Crippen molar-refractivity contribution in [1.82, 2.24) is 15.1 Å². The van der Waals surface area contributed by atoms with Crippen LogP contribution in [0, 0.1) is 12.8 Å². The minimum atomic E-state index is -0.789. The van der Waals surface area contributed by atoms with Crippen LogP contribution in [0.15, 0.2) is 72.8 Å². The number of hydrogen-bond acceptors (Lipinski definition) is 5. The van der Waals surface area contributed by atoms with Crippen molar-refractivity contribution in [3.63, 3.8) is 0 Å². The number of nitrogens with zero attached hydrogens (tertiary/aromatic N) is 2. The van der Waals surface area contributed by atoms with Crippen LogP contribution in [0.5, 0.6) is 11.5 Å². The van der Waals surface area contributed by atoms with E-state index in [1.165, 1.54) is 10.5 Å². The van der Waals surface area contributed by atoms with Gasteiger partial charge in [0.15, 0.2) is 0 Å². The molecule has 8 heteroatoms. The lowest BCUT2D eigenvalue weighted by Crippen LogP contribution is -2.56. The van der Waals surface area contributed by atoms with Gasteiger partial charge in [-0.25, -0.2) is 0 Å². The molecule has 8 nitrogen and oxygen atoms in total. The van der Waals surface area contributed by atoms with Gasteiger partial charge in [0.25, 0.3) is 5.91 Å². The van der Waals surface area contributed by atoms with Crippen molar-refractivity contribution < 1.29 is 19.1 Å². The van der Waals surface area contributed by atoms with Crippen LogP contribution >= 0.6 is 0 Å². The van der Waals surface area contributed by atoms with Gasteiger partial charge in [-0.3, -0.25) is 19.3 Å². The highest BCUT2D eigenvalue weighted by atomic mass is 16.5. The normalized spacial score (nSPS) is 17.0. The molecule has 2 aliphatic rings. The largest absolute Gasteiger partial charge is 0.457 e. The lowest BCUT2D eigenvalue weighted by Gasteiger charge is -2.36. The van der Waals surface area contributed by atoms with E-state index in [2.05, 4.69) is 39.8 Å². The lowest BCUT2D eigenvalue weighted by molar-refractivity contribution is -0.129. The molecule has 2 heterocycles. The molecule has 0 radical (unpaired) electrons. The number of carbonyl (C=O) groups excluding carboxylic acids is 3. The Bertz CT molecular complexity index is 1400. The zero-order valence-electron chi connectivity index (χ0n) is 23.9. The van der Waals surface area contributed by atoms with E-state index in [4.69, 9.17) is 4.74 Å². The Labute approximate surface area is 241 Å². The Morgan fingerprint density at radius 3 is 2.41 bits per heavy atom. The van der Waals surface area contributed by atoms with Crippen molar-refractivity contribution in [1.29, 1.82) is 0 Å². The highest BCUT2D eigenvalue weighted by Gasteiger charge is 2.38. The number of benzene rings is 3. The van der Waals surface area contributed by atoms with Crippen LogP contribution in [0.25, 0.3) is 0 Å². The number of para-hydroxylation sites is 1. The molecule has 3 aromatic rings. The molecule has 0 bridgehead atoms. The van der Waals surface area contributed by atoms with Gasteiger partial charge in [0, 0.05) is 25.7 Å². The van der Waals surface area contributed by atoms with Gasteiger partial charge < -0.3 is 20.3 Å². The molecular weight excluding hydrogens is 516 g/mol. The topological polar surface area (TPSA) is 91.0 Å². The molecule has 1 saturated heterocycles. The van der Waals surface area contributed by atoms with Crippen molar-refractivity contribution in [3.8, 4) is 11.5 Å². The van der Waals surface area contributed by atoms with E-state index in [0.29, 0.717) is 22.7 Å². The number of fused-ring (bicyclic) bond motifs is 1. The quantitative estimate of drug-likeness (QED) is 0.410. The molecule has 1 atom stereocenters. The average molecular weight is 555 g/mol. The van der Waals surface area contributed by atoms with E-state index in [0.717, 1.165) is 38.0 Å². The van der Waals surface area contributed by atoms with Crippen LogP contribution in [0.4, 0.5) is 5.69 Å². The molecule has 3 aromatic carbocycles. The van der Waals surface area contributed by atoms with E-state index < -0.39 is 6.04 Å². The van der Waals surface area contributed by atoms with Gasteiger partial charge in [-0.2, -0.15) is 0 Å². The number of piperidine rings is 1. The first-order chi connectivity index (χ1) is 19.8. The number of likely N-dealkylation sites (tertiary alicyclic amines) is 1. The average Bonchev–Trinajstić information content (AvgIpc) is 3.07. The van der Waals surface area contributed by atoms with Gasteiger partial charge in [0.05, 0.1) is 11.3 Å². The number of carbonyl (C=O) groups is 3. The minimum absolute atomic E-state index is 0.0214. The Kier molecular flexibility index (Phi) is 8.69. The Balaban J connectivity index is 1.29. The minimum Gasteiger partial charge on any atom is -0.457 e. The summed E-state index contributed by atoms with van der Waals surface area (Å²) < 4.78 is 6.06. The summed E-state index contributed by atoms with van der Waals surface area (Å²) in [6, 6.07) is 22.3. The maximum Gasteiger partial charge on any atom is 0.257 e. The number of aryl methyl sites for hydroxylation is 1. The third-order valence-electron chi connectivity index (χ3n) is 7.81. The maximum absolute atomic E-state index is 13.9. The second-order valence-corrected chi connectivity index (χ2v) is 11.3. The number of amides is 3. The Morgan fingerprint density at radius 2 is 1.71 bits per heavy atom. The fraction of sp³-hybridized carbons (Fsp3) is 0.364. The second kappa shape index (κ2) is 12.6. The zero-order valence-corrected chi connectivity index (χ0v) is 23.9. The van der Waals surface area contributed by atoms with Crippen molar-refractivity contribution >= 4 is 23.4 Å². The lowest BCUT2D eigenvalue weighted by atomic mass is 9.98. The molecule has 0 unspecified atom stereocenters. The van der Waals surface area contributed by atoms with Gasteiger partial charge >= 0.3 is 0 Å². The summed E-state index contributed by atoms with van der Waals surface area (Å²) >= 11 is 0. The van der Waals surface area contributed by atoms with Crippen LogP contribution < -0.4 is 15.4 Å². The van der Waals surface area contributed by atoms with Crippen LogP contribution in [0.1, 0.15) is 48.2 Å². The SMILES string of the molecule is Cc1ccccc1Oc1ccc2c(c1)C(=O)N([C@@H](C(=O)NC1CCN(Cc3ccccc3)CC1)C(C)C)CC(=O)N2. The smallest absolute Gasteiger partial charge is 0.257 e. The third-order valence-corrected chi connectivity index (χ3v) is 7.81. The van der Waals surface area contributed by atoms with E-state index in [1.807, 2.05) is 51.1 Å². The number of rotatable bonds is 8. The Morgan fingerprint density at radius 1 is 1.00 bits per heavy atom. The summed E-state index contributed by atoms with van der Waals surface area (Å²) in [5.41, 5.74) is 2.95. The molecule has 2 aliphatic heterocycles.